The minimum Gasteiger partial charge on any atom is -0.376 e. The Morgan fingerprint density at radius 1 is 1.00 bits per heavy atom. The van der Waals surface area contributed by atoms with Gasteiger partial charge < -0.3 is 20.9 Å². The first-order chi connectivity index (χ1) is 14.8. The van der Waals surface area contributed by atoms with Gasteiger partial charge in [-0.15, -0.1) is 0 Å². The van der Waals surface area contributed by atoms with E-state index < -0.39 is 0 Å². The number of carbonyl (C=O) groups is 3. The van der Waals surface area contributed by atoms with Crippen LogP contribution in [-0.4, -0.2) is 49.3 Å². The van der Waals surface area contributed by atoms with Gasteiger partial charge in [-0.05, 0) is 55.7 Å². The SMILES string of the molecule is CCC(C)NC(=O)c1cccc(NC(=O)CNc2cccc(CCC(=O)N(C)C)c2)c1. The third-order valence-corrected chi connectivity index (χ3v) is 4.90. The number of nitrogens with one attached hydrogen (secondary N) is 3. The molecule has 3 amide bonds. The molecule has 2 aromatic carbocycles. The van der Waals surface area contributed by atoms with Crippen LogP contribution in [0.15, 0.2) is 48.5 Å². The van der Waals surface area contributed by atoms with Crippen LogP contribution in [0.25, 0.3) is 0 Å². The van der Waals surface area contributed by atoms with Crippen molar-refractivity contribution < 1.29 is 14.4 Å². The molecule has 0 spiro atoms. The Morgan fingerprint density at radius 2 is 1.71 bits per heavy atom. The van der Waals surface area contributed by atoms with Gasteiger partial charge in [-0.25, -0.2) is 0 Å². The minimum absolute atomic E-state index is 0.0813. The first-order valence-electron chi connectivity index (χ1n) is 10.5. The van der Waals surface area contributed by atoms with E-state index in [9.17, 15) is 14.4 Å². The van der Waals surface area contributed by atoms with Gasteiger partial charge in [0.2, 0.25) is 11.8 Å². The predicted molar refractivity (Wildman–Crippen MR) is 124 cm³/mol. The quantitative estimate of drug-likeness (QED) is 0.546. The van der Waals surface area contributed by atoms with E-state index in [1.807, 2.05) is 38.1 Å². The van der Waals surface area contributed by atoms with E-state index in [0.29, 0.717) is 24.1 Å². The third kappa shape index (κ3) is 8.12. The highest BCUT2D eigenvalue weighted by Gasteiger charge is 2.10. The molecular formula is C24H32N4O3. The van der Waals surface area contributed by atoms with Gasteiger partial charge >= 0.3 is 0 Å². The van der Waals surface area contributed by atoms with Crippen molar-refractivity contribution in [1.29, 1.82) is 0 Å². The van der Waals surface area contributed by atoms with E-state index in [1.54, 1.807) is 43.3 Å². The van der Waals surface area contributed by atoms with Crippen molar-refractivity contribution in [3.05, 3.63) is 59.7 Å². The number of hydrogen-bond acceptors (Lipinski definition) is 4. The molecule has 2 rings (SSSR count). The Hall–Kier alpha value is -3.35. The summed E-state index contributed by atoms with van der Waals surface area (Å²) < 4.78 is 0. The molecule has 0 aliphatic heterocycles. The normalized spacial score (nSPS) is 11.4. The largest absolute Gasteiger partial charge is 0.376 e. The summed E-state index contributed by atoms with van der Waals surface area (Å²) in [6.45, 7) is 4.04. The molecule has 31 heavy (non-hydrogen) atoms. The first-order valence-corrected chi connectivity index (χ1v) is 10.5. The summed E-state index contributed by atoms with van der Waals surface area (Å²) >= 11 is 0. The molecule has 0 saturated carbocycles. The standard InChI is InChI=1S/C24H32N4O3/c1-5-17(2)26-24(31)19-9-7-11-21(15-19)27-22(29)16-25-20-10-6-8-18(14-20)12-13-23(30)28(3)4/h6-11,14-15,17,25H,5,12-13,16H2,1-4H3,(H,26,31)(H,27,29). The second kappa shape index (κ2) is 11.7. The third-order valence-electron chi connectivity index (χ3n) is 4.90. The smallest absolute Gasteiger partial charge is 0.251 e. The number of amides is 3. The zero-order chi connectivity index (χ0) is 22.8. The zero-order valence-corrected chi connectivity index (χ0v) is 18.7. The summed E-state index contributed by atoms with van der Waals surface area (Å²) in [5, 5.41) is 8.82. The Bertz CT molecular complexity index is 911. The topological polar surface area (TPSA) is 90.5 Å². The molecule has 0 aliphatic carbocycles. The molecule has 3 N–H and O–H groups in total. The lowest BCUT2D eigenvalue weighted by Crippen LogP contribution is -2.32. The highest BCUT2D eigenvalue weighted by molar-refractivity contribution is 5.98. The van der Waals surface area contributed by atoms with E-state index in [2.05, 4.69) is 16.0 Å². The van der Waals surface area contributed by atoms with Gasteiger partial charge in [0.05, 0.1) is 6.54 Å². The van der Waals surface area contributed by atoms with E-state index in [1.165, 1.54) is 0 Å². The lowest BCUT2D eigenvalue weighted by molar-refractivity contribution is -0.128. The molecule has 166 valence electrons. The number of aryl methyl sites for hydroxylation is 1. The Labute approximate surface area is 184 Å². The molecule has 0 heterocycles. The summed E-state index contributed by atoms with van der Waals surface area (Å²) in [6, 6.07) is 14.6. The van der Waals surface area contributed by atoms with E-state index in [4.69, 9.17) is 0 Å². The minimum atomic E-state index is -0.215. The van der Waals surface area contributed by atoms with E-state index in [0.717, 1.165) is 17.7 Å². The van der Waals surface area contributed by atoms with Crippen molar-refractivity contribution in [2.24, 2.45) is 0 Å². The monoisotopic (exact) mass is 424 g/mol. The van der Waals surface area contributed by atoms with Crippen LogP contribution in [0.1, 0.15) is 42.6 Å². The van der Waals surface area contributed by atoms with Gasteiger partial charge in [-0.1, -0.05) is 25.1 Å². The van der Waals surface area contributed by atoms with Gasteiger partial charge in [0, 0.05) is 43.5 Å². The predicted octanol–water partition coefficient (Wildman–Crippen LogP) is 3.29. The highest BCUT2D eigenvalue weighted by Crippen LogP contribution is 2.14. The molecule has 0 bridgehead atoms. The molecule has 7 nitrogen and oxygen atoms in total. The van der Waals surface area contributed by atoms with Crippen molar-refractivity contribution in [3.63, 3.8) is 0 Å². The van der Waals surface area contributed by atoms with Crippen molar-refractivity contribution >= 4 is 29.1 Å². The molecule has 0 aromatic heterocycles. The Balaban J connectivity index is 1.88. The number of hydrogen-bond donors (Lipinski definition) is 3. The lowest BCUT2D eigenvalue weighted by Gasteiger charge is -2.13. The van der Waals surface area contributed by atoms with Crippen LogP contribution in [0, 0.1) is 0 Å². The Morgan fingerprint density at radius 3 is 2.42 bits per heavy atom. The fourth-order valence-electron chi connectivity index (χ4n) is 2.85. The summed E-state index contributed by atoms with van der Waals surface area (Å²) in [5.74, 6) is -0.293. The molecule has 7 heteroatoms. The van der Waals surface area contributed by atoms with Crippen LogP contribution in [-0.2, 0) is 16.0 Å². The molecule has 0 fully saturated rings. The number of carbonyl (C=O) groups excluding carboxylic acids is 3. The lowest BCUT2D eigenvalue weighted by atomic mass is 10.1. The van der Waals surface area contributed by atoms with Crippen molar-refractivity contribution in [3.8, 4) is 0 Å². The molecule has 0 saturated heterocycles. The van der Waals surface area contributed by atoms with Crippen molar-refractivity contribution in [1.82, 2.24) is 10.2 Å². The number of nitrogens with zero attached hydrogens (tertiary/aromatic N) is 1. The average molecular weight is 425 g/mol. The van der Waals surface area contributed by atoms with Crippen LogP contribution in [0.3, 0.4) is 0 Å². The van der Waals surface area contributed by atoms with Gasteiger partial charge in [0.15, 0.2) is 0 Å². The van der Waals surface area contributed by atoms with Crippen LogP contribution >= 0.6 is 0 Å². The van der Waals surface area contributed by atoms with E-state index in [-0.39, 0.29) is 30.3 Å². The molecule has 0 radical (unpaired) electrons. The van der Waals surface area contributed by atoms with Crippen LogP contribution in [0.4, 0.5) is 11.4 Å². The highest BCUT2D eigenvalue weighted by atomic mass is 16.2. The van der Waals surface area contributed by atoms with Crippen LogP contribution < -0.4 is 16.0 Å². The fraction of sp³-hybridized carbons (Fsp3) is 0.375. The molecule has 2 aromatic rings. The number of benzene rings is 2. The summed E-state index contributed by atoms with van der Waals surface area (Å²) in [7, 11) is 3.49. The number of rotatable bonds is 10. The molecule has 0 aliphatic rings. The van der Waals surface area contributed by atoms with Gasteiger partial charge in [-0.2, -0.15) is 0 Å². The van der Waals surface area contributed by atoms with Crippen molar-refractivity contribution in [2.45, 2.75) is 39.2 Å². The second-order valence-electron chi connectivity index (χ2n) is 7.75. The zero-order valence-electron chi connectivity index (χ0n) is 18.7. The van der Waals surface area contributed by atoms with Gasteiger partial charge in [0.25, 0.3) is 5.91 Å². The summed E-state index contributed by atoms with van der Waals surface area (Å²) in [4.78, 5) is 37.9. The maximum absolute atomic E-state index is 12.3. The molecular weight excluding hydrogens is 392 g/mol. The molecule has 1 atom stereocenters. The number of anilines is 2. The average Bonchev–Trinajstić information content (AvgIpc) is 2.76. The van der Waals surface area contributed by atoms with Gasteiger partial charge in [-0.3, -0.25) is 14.4 Å². The fourth-order valence-corrected chi connectivity index (χ4v) is 2.85. The van der Waals surface area contributed by atoms with E-state index >= 15 is 0 Å². The maximum Gasteiger partial charge on any atom is 0.251 e. The van der Waals surface area contributed by atoms with Crippen molar-refractivity contribution in [2.75, 3.05) is 31.3 Å². The Kier molecular flexibility index (Phi) is 9.06. The first kappa shape index (κ1) is 23.9. The van der Waals surface area contributed by atoms with Gasteiger partial charge in [0.1, 0.15) is 0 Å². The second-order valence-corrected chi connectivity index (χ2v) is 7.75. The molecule has 1 unspecified atom stereocenters. The maximum atomic E-state index is 12.3. The summed E-state index contributed by atoms with van der Waals surface area (Å²) in [6.07, 6.45) is 1.93. The summed E-state index contributed by atoms with van der Waals surface area (Å²) in [5.41, 5.74) is 2.91. The van der Waals surface area contributed by atoms with Crippen LogP contribution in [0.5, 0.6) is 0 Å². The van der Waals surface area contributed by atoms with Crippen LogP contribution in [0.2, 0.25) is 0 Å².